The van der Waals surface area contributed by atoms with E-state index in [1.165, 1.54) is 5.69 Å². The molecule has 1 spiro atoms. The molecule has 4 aliphatic rings. The summed E-state index contributed by atoms with van der Waals surface area (Å²) in [4.78, 5) is 31.9. The van der Waals surface area contributed by atoms with Crippen LogP contribution in [-0.2, 0) is 9.53 Å². The molecular formula is C30H38N4O3. The van der Waals surface area contributed by atoms with Crippen molar-refractivity contribution in [3.8, 4) is 0 Å². The van der Waals surface area contributed by atoms with Crippen LogP contribution >= 0.6 is 0 Å². The maximum absolute atomic E-state index is 12.8. The first-order chi connectivity index (χ1) is 17.5. The zero-order chi connectivity index (χ0) is 26.3. The van der Waals surface area contributed by atoms with Gasteiger partial charge in [0.1, 0.15) is 5.60 Å². The topological polar surface area (TPSA) is 65.1 Å². The zero-order valence-corrected chi connectivity index (χ0v) is 22.7. The van der Waals surface area contributed by atoms with Gasteiger partial charge in [-0.25, -0.2) is 4.79 Å². The Bertz CT molecular complexity index is 1240. The molecule has 1 N–H and O–H groups in total. The van der Waals surface area contributed by atoms with Crippen molar-refractivity contribution in [1.29, 1.82) is 0 Å². The monoisotopic (exact) mass is 502 g/mol. The molecule has 1 aliphatic carbocycles. The molecule has 7 heteroatoms. The van der Waals surface area contributed by atoms with Gasteiger partial charge in [-0.2, -0.15) is 0 Å². The summed E-state index contributed by atoms with van der Waals surface area (Å²) in [5, 5.41) is 3.76. The van der Waals surface area contributed by atoms with Crippen molar-refractivity contribution in [1.82, 2.24) is 4.90 Å². The summed E-state index contributed by atoms with van der Waals surface area (Å²) in [6.07, 6.45) is 0.917. The summed E-state index contributed by atoms with van der Waals surface area (Å²) in [6, 6.07) is 17.7. The lowest BCUT2D eigenvalue weighted by Gasteiger charge is -2.46. The predicted molar refractivity (Wildman–Crippen MR) is 146 cm³/mol. The van der Waals surface area contributed by atoms with Gasteiger partial charge < -0.3 is 24.8 Å². The van der Waals surface area contributed by atoms with Crippen molar-refractivity contribution >= 4 is 29.1 Å². The summed E-state index contributed by atoms with van der Waals surface area (Å²) in [5.74, 6) is 0.288. The number of anilines is 3. The average Bonchev–Trinajstić information content (AvgIpc) is 3.52. The van der Waals surface area contributed by atoms with Crippen LogP contribution in [0, 0.1) is 11.3 Å². The summed E-state index contributed by atoms with van der Waals surface area (Å²) in [6.45, 7) is 13.4. The number of hydrogen-bond acceptors (Lipinski definition) is 5. The van der Waals surface area contributed by atoms with Gasteiger partial charge in [0.25, 0.3) is 0 Å². The van der Waals surface area contributed by atoms with E-state index in [0.717, 1.165) is 36.4 Å². The highest BCUT2D eigenvalue weighted by Gasteiger charge is 2.75. The third-order valence-corrected chi connectivity index (χ3v) is 9.02. The molecule has 196 valence electrons. The number of benzene rings is 2. The largest absolute Gasteiger partial charge is 0.444 e. The van der Waals surface area contributed by atoms with Gasteiger partial charge in [-0.1, -0.05) is 25.1 Å². The van der Waals surface area contributed by atoms with Gasteiger partial charge in [-0.05, 0) is 64.4 Å². The van der Waals surface area contributed by atoms with Crippen LogP contribution in [0.4, 0.5) is 21.9 Å². The van der Waals surface area contributed by atoms with E-state index in [2.05, 4.69) is 54.4 Å². The Morgan fingerprint density at radius 3 is 2.46 bits per heavy atom. The Balaban J connectivity index is 1.31. The first-order valence-electron chi connectivity index (χ1n) is 13.5. The molecule has 1 saturated carbocycles. The number of rotatable bonds is 3. The Morgan fingerprint density at radius 2 is 1.78 bits per heavy atom. The fourth-order valence-corrected chi connectivity index (χ4v) is 6.96. The SMILES string of the molecule is CC(=O)N1c2ccc(N3C[C@@H]4N(C(=O)OC(C)(C)C)CC45C[C@@H]35)cc2C(Nc2ccccc2)C(C)[C@@H]1C. The molecule has 2 saturated heterocycles. The maximum Gasteiger partial charge on any atom is 0.410 e. The van der Waals surface area contributed by atoms with Gasteiger partial charge in [0.15, 0.2) is 0 Å². The minimum atomic E-state index is -0.489. The molecule has 37 heavy (non-hydrogen) atoms. The van der Waals surface area contributed by atoms with Crippen LogP contribution in [0.1, 0.15) is 59.6 Å². The first kappa shape index (κ1) is 24.1. The lowest BCUT2D eigenvalue weighted by molar-refractivity contribution is -0.117. The number of likely N-dealkylation sites (tertiary alicyclic amines) is 1. The zero-order valence-electron chi connectivity index (χ0n) is 22.7. The second-order valence-electron chi connectivity index (χ2n) is 12.4. The van der Waals surface area contributed by atoms with Crippen molar-refractivity contribution in [2.24, 2.45) is 11.3 Å². The van der Waals surface area contributed by atoms with E-state index in [1.807, 2.05) is 48.8 Å². The number of hydrogen-bond donors (Lipinski definition) is 1. The molecule has 0 radical (unpaired) electrons. The molecule has 3 unspecified atom stereocenters. The number of carbonyl (C=O) groups is 2. The fourth-order valence-electron chi connectivity index (χ4n) is 6.96. The number of para-hydroxylation sites is 1. The van der Waals surface area contributed by atoms with Gasteiger partial charge in [0.2, 0.25) is 5.91 Å². The molecule has 0 bridgehead atoms. The third-order valence-electron chi connectivity index (χ3n) is 9.02. The highest BCUT2D eigenvalue weighted by molar-refractivity contribution is 5.94. The van der Waals surface area contributed by atoms with Crippen LogP contribution < -0.4 is 15.1 Å². The number of nitrogens with zero attached hydrogens (tertiary/aromatic N) is 3. The summed E-state index contributed by atoms with van der Waals surface area (Å²) in [7, 11) is 0. The second-order valence-corrected chi connectivity index (χ2v) is 12.4. The molecule has 6 atom stereocenters. The highest BCUT2D eigenvalue weighted by Crippen LogP contribution is 2.65. The van der Waals surface area contributed by atoms with E-state index in [1.54, 1.807) is 6.92 Å². The van der Waals surface area contributed by atoms with E-state index in [0.29, 0.717) is 6.04 Å². The molecule has 0 aromatic heterocycles. The Hall–Kier alpha value is -3.22. The number of amides is 2. The quantitative estimate of drug-likeness (QED) is 0.606. The van der Waals surface area contributed by atoms with Crippen molar-refractivity contribution < 1.29 is 14.3 Å². The fraction of sp³-hybridized carbons (Fsp3) is 0.533. The highest BCUT2D eigenvalue weighted by atomic mass is 16.6. The number of carbonyl (C=O) groups excluding carboxylic acids is 2. The van der Waals surface area contributed by atoms with E-state index in [9.17, 15) is 9.59 Å². The first-order valence-corrected chi connectivity index (χ1v) is 13.5. The predicted octanol–water partition coefficient (Wildman–Crippen LogP) is 5.43. The molecule has 2 aromatic carbocycles. The van der Waals surface area contributed by atoms with Gasteiger partial charge in [0.05, 0.1) is 12.1 Å². The van der Waals surface area contributed by atoms with Crippen LogP contribution in [0.25, 0.3) is 0 Å². The van der Waals surface area contributed by atoms with Gasteiger partial charge in [-0.3, -0.25) is 4.79 Å². The molecule has 6 rings (SSSR count). The van der Waals surface area contributed by atoms with Crippen molar-refractivity contribution in [2.45, 2.75) is 77.7 Å². The van der Waals surface area contributed by atoms with Gasteiger partial charge >= 0.3 is 6.09 Å². The van der Waals surface area contributed by atoms with Crippen LogP contribution in [0.15, 0.2) is 48.5 Å². The molecule has 2 aromatic rings. The van der Waals surface area contributed by atoms with Gasteiger partial charge in [-0.15, -0.1) is 0 Å². The molecular weight excluding hydrogens is 464 g/mol. The molecule has 2 amide bonds. The molecule has 3 fully saturated rings. The smallest absolute Gasteiger partial charge is 0.410 e. The Morgan fingerprint density at radius 1 is 1.05 bits per heavy atom. The minimum absolute atomic E-state index is 0.0693. The minimum Gasteiger partial charge on any atom is -0.444 e. The Labute approximate surface area is 219 Å². The maximum atomic E-state index is 12.8. The van der Waals surface area contributed by atoms with Crippen molar-refractivity contribution in [2.75, 3.05) is 28.2 Å². The standard InChI is InChI=1S/C30H38N4O3/c1-18-19(2)34(20(3)35)24-13-12-22(14-23(24)27(18)31-21-10-8-7-9-11-21)32-16-26-30(15-25(30)32)17-33(26)28(36)37-29(4,5)6/h7-14,18-19,25-27,31H,15-17H2,1-6H3/t18?,19-,25+,26-,27?,30?/m0/s1. The van der Waals surface area contributed by atoms with Crippen LogP contribution in [0.2, 0.25) is 0 Å². The number of piperidine rings is 1. The number of nitrogens with one attached hydrogen (secondary N) is 1. The van der Waals surface area contributed by atoms with Crippen molar-refractivity contribution in [3.05, 3.63) is 54.1 Å². The van der Waals surface area contributed by atoms with Gasteiger partial charge in [0, 0.05) is 66.1 Å². The summed E-state index contributed by atoms with van der Waals surface area (Å²) >= 11 is 0. The van der Waals surface area contributed by atoms with E-state index >= 15 is 0 Å². The third kappa shape index (κ3) is 3.77. The van der Waals surface area contributed by atoms with E-state index < -0.39 is 5.60 Å². The molecule has 3 aliphatic heterocycles. The van der Waals surface area contributed by atoms with Crippen LogP contribution in [0.5, 0.6) is 0 Å². The van der Waals surface area contributed by atoms with E-state index in [-0.39, 0.29) is 41.5 Å². The lowest BCUT2D eigenvalue weighted by atomic mass is 9.82. The number of fused-ring (bicyclic) bond motifs is 1. The van der Waals surface area contributed by atoms with E-state index in [4.69, 9.17) is 4.74 Å². The van der Waals surface area contributed by atoms with Crippen molar-refractivity contribution in [3.63, 3.8) is 0 Å². The van der Waals surface area contributed by atoms with Crippen LogP contribution in [0.3, 0.4) is 0 Å². The Kier molecular flexibility index (Phi) is 5.31. The van der Waals surface area contributed by atoms with Crippen LogP contribution in [-0.4, -0.2) is 53.7 Å². The summed E-state index contributed by atoms with van der Waals surface area (Å²) in [5.41, 5.74) is 4.11. The average molecular weight is 503 g/mol. The number of ether oxygens (including phenoxy) is 1. The normalized spacial score (nSPS) is 31.6. The summed E-state index contributed by atoms with van der Waals surface area (Å²) < 4.78 is 5.68. The molecule has 7 nitrogen and oxygen atoms in total. The second kappa shape index (κ2) is 8.14. The lowest BCUT2D eigenvalue weighted by Crippen LogP contribution is -2.61. The molecule has 3 heterocycles.